The summed E-state index contributed by atoms with van der Waals surface area (Å²) >= 11 is 1.50. The summed E-state index contributed by atoms with van der Waals surface area (Å²) in [7, 11) is 1.66. The van der Waals surface area contributed by atoms with Crippen LogP contribution in [0.25, 0.3) is 11.3 Å². The van der Waals surface area contributed by atoms with E-state index in [1.165, 1.54) is 11.3 Å². The van der Waals surface area contributed by atoms with E-state index in [0.717, 1.165) is 33.5 Å². The number of methoxy groups -OCH3 is 1. The van der Waals surface area contributed by atoms with Gasteiger partial charge in [0.25, 0.3) is 0 Å². The fraction of sp³-hybridized carbons (Fsp3) is 0.158. The summed E-state index contributed by atoms with van der Waals surface area (Å²) in [5.74, 6) is 1.66. The first-order valence-electron chi connectivity index (χ1n) is 7.91. The minimum Gasteiger partial charge on any atom is -0.496 e. The van der Waals surface area contributed by atoms with E-state index < -0.39 is 0 Å². The normalized spacial score (nSPS) is 10.8. The molecule has 0 saturated heterocycles. The van der Waals surface area contributed by atoms with E-state index in [4.69, 9.17) is 9.47 Å². The molecule has 3 rings (SSSR count). The molecule has 0 fully saturated rings. The van der Waals surface area contributed by atoms with Gasteiger partial charge in [0.1, 0.15) is 11.5 Å². The second-order valence-corrected chi connectivity index (χ2v) is 5.97. The van der Waals surface area contributed by atoms with Gasteiger partial charge >= 0.3 is 0 Å². The molecule has 0 radical (unpaired) electrons. The average Bonchev–Trinajstić information content (AvgIpc) is 3.12. The first-order valence-corrected chi connectivity index (χ1v) is 8.79. The molecule has 6 heteroatoms. The minimum absolute atomic E-state index is 0.660. The number of benzene rings is 2. The highest BCUT2D eigenvalue weighted by molar-refractivity contribution is 7.14. The van der Waals surface area contributed by atoms with Gasteiger partial charge in [-0.1, -0.05) is 12.1 Å². The Morgan fingerprint density at radius 1 is 1.16 bits per heavy atom. The summed E-state index contributed by atoms with van der Waals surface area (Å²) in [6, 6.07) is 15.6. The first-order chi connectivity index (χ1) is 12.3. The summed E-state index contributed by atoms with van der Waals surface area (Å²) in [5, 5.41) is 6.94. The second-order valence-electron chi connectivity index (χ2n) is 5.11. The van der Waals surface area contributed by atoms with Crippen molar-refractivity contribution in [2.75, 3.05) is 19.1 Å². The third-order valence-electron chi connectivity index (χ3n) is 3.45. The molecule has 0 aliphatic rings. The molecule has 0 aliphatic carbocycles. The van der Waals surface area contributed by atoms with Crippen LogP contribution < -0.4 is 14.9 Å². The van der Waals surface area contributed by atoms with Gasteiger partial charge in [0.15, 0.2) is 0 Å². The predicted molar refractivity (Wildman–Crippen MR) is 103 cm³/mol. The van der Waals surface area contributed by atoms with Crippen LogP contribution in [-0.2, 0) is 0 Å². The van der Waals surface area contributed by atoms with Gasteiger partial charge < -0.3 is 9.47 Å². The van der Waals surface area contributed by atoms with Crippen molar-refractivity contribution < 1.29 is 9.47 Å². The lowest BCUT2D eigenvalue weighted by Gasteiger charge is -2.04. The van der Waals surface area contributed by atoms with Crippen molar-refractivity contribution in [3.8, 4) is 22.8 Å². The van der Waals surface area contributed by atoms with E-state index in [1.54, 1.807) is 13.3 Å². The lowest BCUT2D eigenvalue weighted by Crippen LogP contribution is -1.93. The number of rotatable bonds is 7. The number of ether oxygens (including phenoxy) is 2. The Bertz CT molecular complexity index is 844. The molecule has 2 aromatic carbocycles. The second kappa shape index (κ2) is 8.30. The van der Waals surface area contributed by atoms with Crippen molar-refractivity contribution in [2.45, 2.75) is 6.92 Å². The lowest BCUT2D eigenvalue weighted by molar-refractivity contribution is 0.340. The number of para-hydroxylation sites is 1. The zero-order valence-electron chi connectivity index (χ0n) is 14.1. The Hall–Kier alpha value is -2.86. The van der Waals surface area contributed by atoms with Crippen molar-refractivity contribution >= 4 is 22.7 Å². The van der Waals surface area contributed by atoms with Crippen molar-refractivity contribution in [1.82, 2.24) is 4.98 Å². The predicted octanol–water partition coefficient (Wildman–Crippen LogP) is 4.66. The maximum absolute atomic E-state index is 5.42. The number of hydrazone groups is 1. The summed E-state index contributed by atoms with van der Waals surface area (Å²) in [4.78, 5) is 4.55. The zero-order valence-corrected chi connectivity index (χ0v) is 14.9. The number of hydrogen-bond acceptors (Lipinski definition) is 6. The quantitative estimate of drug-likeness (QED) is 0.496. The summed E-state index contributed by atoms with van der Waals surface area (Å²) in [5.41, 5.74) is 5.77. The van der Waals surface area contributed by atoms with E-state index in [9.17, 15) is 0 Å². The van der Waals surface area contributed by atoms with Gasteiger partial charge in [-0.3, -0.25) is 5.43 Å². The van der Waals surface area contributed by atoms with Crippen LogP contribution in [0, 0.1) is 0 Å². The molecule has 128 valence electrons. The van der Waals surface area contributed by atoms with Crippen LogP contribution in [0.15, 0.2) is 59.0 Å². The number of nitrogens with one attached hydrogen (secondary N) is 1. The SMILES string of the molecule is CCOc1ccc(/C=N\Nc2nc(-c3ccccc3OC)cs2)cc1. The molecule has 0 bridgehead atoms. The molecular formula is C19H19N3O2S. The Labute approximate surface area is 151 Å². The Balaban J connectivity index is 1.65. The number of aromatic nitrogens is 1. The maximum atomic E-state index is 5.42. The van der Waals surface area contributed by atoms with E-state index >= 15 is 0 Å². The van der Waals surface area contributed by atoms with Crippen molar-refractivity contribution in [3.05, 3.63) is 59.5 Å². The highest BCUT2D eigenvalue weighted by Gasteiger charge is 2.08. The lowest BCUT2D eigenvalue weighted by atomic mass is 10.1. The van der Waals surface area contributed by atoms with Gasteiger partial charge in [0.05, 0.1) is 25.6 Å². The van der Waals surface area contributed by atoms with E-state index in [0.29, 0.717) is 6.61 Å². The summed E-state index contributed by atoms with van der Waals surface area (Å²) in [6.07, 6.45) is 1.75. The van der Waals surface area contributed by atoms with Crippen LogP contribution in [-0.4, -0.2) is 24.9 Å². The van der Waals surface area contributed by atoms with Gasteiger partial charge in [-0.2, -0.15) is 5.10 Å². The molecule has 25 heavy (non-hydrogen) atoms. The van der Waals surface area contributed by atoms with Crippen molar-refractivity contribution in [3.63, 3.8) is 0 Å². The molecule has 1 N–H and O–H groups in total. The van der Waals surface area contributed by atoms with Crippen molar-refractivity contribution in [1.29, 1.82) is 0 Å². The highest BCUT2D eigenvalue weighted by atomic mass is 32.1. The fourth-order valence-corrected chi connectivity index (χ4v) is 2.94. The van der Waals surface area contributed by atoms with Crippen LogP contribution in [0.1, 0.15) is 12.5 Å². The van der Waals surface area contributed by atoms with Gasteiger partial charge in [-0.25, -0.2) is 4.98 Å². The smallest absolute Gasteiger partial charge is 0.203 e. The number of anilines is 1. The van der Waals surface area contributed by atoms with E-state index in [1.807, 2.05) is 60.8 Å². The standard InChI is InChI=1S/C19H19N3O2S/c1-3-24-15-10-8-14(9-11-15)12-20-22-19-21-17(13-25-19)16-6-4-5-7-18(16)23-2/h4-13H,3H2,1-2H3,(H,21,22)/b20-12-. The molecule has 0 atom stereocenters. The van der Waals surface area contributed by atoms with Crippen LogP contribution >= 0.6 is 11.3 Å². The minimum atomic E-state index is 0.660. The van der Waals surface area contributed by atoms with Gasteiger partial charge in [0.2, 0.25) is 5.13 Å². The molecule has 0 unspecified atom stereocenters. The van der Waals surface area contributed by atoms with Gasteiger partial charge in [-0.15, -0.1) is 11.3 Å². The largest absolute Gasteiger partial charge is 0.496 e. The maximum Gasteiger partial charge on any atom is 0.203 e. The Kier molecular flexibility index (Phi) is 5.64. The summed E-state index contributed by atoms with van der Waals surface area (Å²) in [6.45, 7) is 2.63. The number of thiazole rings is 1. The molecule has 1 heterocycles. The molecular weight excluding hydrogens is 334 g/mol. The third-order valence-corrected chi connectivity index (χ3v) is 4.20. The molecule has 3 aromatic rings. The molecule has 0 amide bonds. The zero-order chi connectivity index (χ0) is 17.5. The van der Waals surface area contributed by atoms with Crippen molar-refractivity contribution in [2.24, 2.45) is 5.10 Å². The van der Waals surface area contributed by atoms with Crippen LogP contribution in [0.3, 0.4) is 0 Å². The van der Waals surface area contributed by atoms with E-state index in [-0.39, 0.29) is 0 Å². The van der Waals surface area contributed by atoms with Crippen LogP contribution in [0.5, 0.6) is 11.5 Å². The number of hydrogen-bond donors (Lipinski definition) is 1. The molecule has 1 aromatic heterocycles. The van der Waals surface area contributed by atoms with Gasteiger partial charge in [-0.05, 0) is 48.9 Å². The van der Waals surface area contributed by atoms with E-state index in [2.05, 4.69) is 15.5 Å². The monoisotopic (exact) mass is 353 g/mol. The number of nitrogens with zero attached hydrogens (tertiary/aromatic N) is 2. The molecule has 0 spiro atoms. The third kappa shape index (κ3) is 4.36. The summed E-state index contributed by atoms with van der Waals surface area (Å²) < 4.78 is 10.8. The van der Waals surface area contributed by atoms with Gasteiger partial charge in [0, 0.05) is 10.9 Å². The molecule has 0 aliphatic heterocycles. The highest BCUT2D eigenvalue weighted by Crippen LogP contribution is 2.31. The molecule has 5 nitrogen and oxygen atoms in total. The van der Waals surface area contributed by atoms with Crippen LogP contribution in [0.4, 0.5) is 5.13 Å². The fourth-order valence-electron chi connectivity index (χ4n) is 2.28. The average molecular weight is 353 g/mol. The first kappa shape index (κ1) is 17.0. The Morgan fingerprint density at radius 3 is 2.72 bits per heavy atom. The molecule has 0 saturated carbocycles. The van der Waals surface area contributed by atoms with Crippen LogP contribution in [0.2, 0.25) is 0 Å². The topological polar surface area (TPSA) is 55.7 Å². The Morgan fingerprint density at radius 2 is 1.96 bits per heavy atom.